The molecule has 1 N–H and O–H groups in total. The highest BCUT2D eigenvalue weighted by atomic mass is 16.2. The van der Waals surface area contributed by atoms with Gasteiger partial charge < -0.3 is 10.2 Å². The third-order valence-corrected chi connectivity index (χ3v) is 6.43. The number of piperazine rings is 1. The molecule has 4 aromatic carbocycles. The van der Waals surface area contributed by atoms with Gasteiger partial charge in [0.1, 0.15) is 0 Å². The van der Waals surface area contributed by atoms with Gasteiger partial charge in [0.25, 0.3) is 11.8 Å². The van der Waals surface area contributed by atoms with Crippen LogP contribution in [0.25, 0.3) is 21.5 Å². The number of fused-ring (bicyclic) bond motifs is 2. The summed E-state index contributed by atoms with van der Waals surface area (Å²) in [5, 5.41) is 7.18. The number of hydrogen-bond donors (Lipinski definition) is 1. The van der Waals surface area contributed by atoms with E-state index in [2.05, 4.69) is 10.2 Å². The molecule has 166 valence electrons. The van der Waals surface area contributed by atoms with Crippen molar-refractivity contribution in [2.45, 2.75) is 0 Å². The number of nitrogens with zero attached hydrogens (tertiary/aromatic N) is 2. The molecule has 0 aliphatic carbocycles. The van der Waals surface area contributed by atoms with E-state index in [4.69, 9.17) is 0 Å². The Hall–Kier alpha value is -3.70. The molecule has 33 heavy (non-hydrogen) atoms. The second-order valence-electron chi connectivity index (χ2n) is 8.44. The zero-order valence-electron chi connectivity index (χ0n) is 18.5. The van der Waals surface area contributed by atoms with Crippen molar-refractivity contribution in [1.82, 2.24) is 15.1 Å². The molecule has 5 heteroatoms. The minimum absolute atomic E-state index is 0.0448. The van der Waals surface area contributed by atoms with Gasteiger partial charge in [0.05, 0.1) is 0 Å². The van der Waals surface area contributed by atoms with E-state index in [1.54, 1.807) is 0 Å². The molecule has 0 atom stereocenters. The highest BCUT2D eigenvalue weighted by molar-refractivity contribution is 6.07. The molecule has 0 radical (unpaired) electrons. The van der Waals surface area contributed by atoms with Crippen molar-refractivity contribution >= 4 is 33.4 Å². The summed E-state index contributed by atoms with van der Waals surface area (Å²) in [5.74, 6) is 0.0484. The van der Waals surface area contributed by atoms with Crippen LogP contribution in [-0.2, 0) is 0 Å². The fourth-order valence-electron chi connectivity index (χ4n) is 4.60. The molecular weight excluding hydrogens is 410 g/mol. The zero-order valence-corrected chi connectivity index (χ0v) is 18.5. The summed E-state index contributed by atoms with van der Waals surface area (Å²) in [5.41, 5.74) is 1.47. The third-order valence-electron chi connectivity index (χ3n) is 6.43. The minimum atomic E-state index is -0.0448. The minimum Gasteiger partial charge on any atom is -0.351 e. The number of amides is 2. The maximum absolute atomic E-state index is 13.1. The normalized spacial score (nSPS) is 14.5. The van der Waals surface area contributed by atoms with Crippen LogP contribution in [0.1, 0.15) is 20.7 Å². The fraction of sp³-hybridized carbons (Fsp3) is 0.214. The summed E-state index contributed by atoms with van der Waals surface area (Å²) < 4.78 is 0. The highest BCUT2D eigenvalue weighted by Crippen LogP contribution is 2.21. The topological polar surface area (TPSA) is 52.7 Å². The van der Waals surface area contributed by atoms with Crippen molar-refractivity contribution in [1.29, 1.82) is 0 Å². The van der Waals surface area contributed by atoms with Crippen molar-refractivity contribution in [3.63, 3.8) is 0 Å². The largest absolute Gasteiger partial charge is 0.351 e. The molecular formula is C28H27N3O2. The van der Waals surface area contributed by atoms with Crippen LogP contribution in [0.15, 0.2) is 84.9 Å². The molecule has 1 heterocycles. The molecule has 0 spiro atoms. The van der Waals surface area contributed by atoms with E-state index >= 15 is 0 Å². The first kappa shape index (κ1) is 21.2. The van der Waals surface area contributed by atoms with E-state index in [1.165, 1.54) is 0 Å². The lowest BCUT2D eigenvalue weighted by Gasteiger charge is -2.35. The molecule has 1 aliphatic rings. The summed E-state index contributed by atoms with van der Waals surface area (Å²) in [4.78, 5) is 30.1. The molecule has 0 saturated carbocycles. The predicted octanol–water partition coefficient (Wildman–Crippen LogP) is 4.18. The van der Waals surface area contributed by atoms with E-state index in [1.807, 2.05) is 89.8 Å². The first-order valence-corrected chi connectivity index (χ1v) is 11.5. The molecule has 0 unspecified atom stereocenters. The lowest BCUT2D eigenvalue weighted by Crippen LogP contribution is -2.50. The van der Waals surface area contributed by atoms with Crippen molar-refractivity contribution < 1.29 is 9.59 Å². The Morgan fingerprint density at radius 3 is 1.88 bits per heavy atom. The van der Waals surface area contributed by atoms with E-state index in [0.717, 1.165) is 46.7 Å². The van der Waals surface area contributed by atoms with Gasteiger partial charge in [0, 0.05) is 50.4 Å². The SMILES string of the molecule is O=C(NCCN1CCN(C(=O)c2cccc3ccccc23)CC1)c1cccc2ccccc12. The lowest BCUT2D eigenvalue weighted by molar-refractivity contribution is 0.0640. The summed E-state index contributed by atoms with van der Waals surface area (Å²) >= 11 is 0. The van der Waals surface area contributed by atoms with Crippen LogP contribution in [-0.4, -0.2) is 60.9 Å². The van der Waals surface area contributed by atoms with Gasteiger partial charge in [-0.3, -0.25) is 14.5 Å². The van der Waals surface area contributed by atoms with Crippen LogP contribution in [0.2, 0.25) is 0 Å². The maximum Gasteiger partial charge on any atom is 0.254 e. The van der Waals surface area contributed by atoms with Gasteiger partial charge in [-0.2, -0.15) is 0 Å². The second kappa shape index (κ2) is 9.43. The van der Waals surface area contributed by atoms with Crippen molar-refractivity contribution in [2.24, 2.45) is 0 Å². The highest BCUT2D eigenvalue weighted by Gasteiger charge is 2.23. The van der Waals surface area contributed by atoms with Crippen LogP contribution in [0, 0.1) is 0 Å². The molecule has 4 aromatic rings. The smallest absolute Gasteiger partial charge is 0.254 e. The number of hydrogen-bond acceptors (Lipinski definition) is 3. The summed E-state index contributed by atoms with van der Waals surface area (Å²) in [6.45, 7) is 4.35. The van der Waals surface area contributed by atoms with Crippen molar-refractivity contribution in [3.8, 4) is 0 Å². The number of carbonyl (C=O) groups is 2. The monoisotopic (exact) mass is 437 g/mol. The van der Waals surface area contributed by atoms with Gasteiger partial charge >= 0.3 is 0 Å². The van der Waals surface area contributed by atoms with Gasteiger partial charge in [-0.25, -0.2) is 0 Å². The van der Waals surface area contributed by atoms with Crippen LogP contribution in [0.5, 0.6) is 0 Å². The number of benzene rings is 4. The van der Waals surface area contributed by atoms with Crippen LogP contribution >= 0.6 is 0 Å². The molecule has 2 amide bonds. The maximum atomic E-state index is 13.1. The third kappa shape index (κ3) is 4.45. The quantitative estimate of drug-likeness (QED) is 0.510. The predicted molar refractivity (Wildman–Crippen MR) is 133 cm³/mol. The van der Waals surface area contributed by atoms with Crippen LogP contribution < -0.4 is 5.32 Å². The summed E-state index contributed by atoms with van der Waals surface area (Å²) in [6, 6.07) is 27.7. The average molecular weight is 438 g/mol. The Labute approximate surface area is 193 Å². The number of nitrogens with one attached hydrogen (secondary N) is 1. The zero-order chi connectivity index (χ0) is 22.6. The van der Waals surface area contributed by atoms with E-state index in [9.17, 15) is 9.59 Å². The van der Waals surface area contributed by atoms with Gasteiger partial charge in [-0.15, -0.1) is 0 Å². The van der Waals surface area contributed by atoms with E-state index in [0.29, 0.717) is 25.2 Å². The molecule has 1 fully saturated rings. The van der Waals surface area contributed by atoms with Gasteiger partial charge in [-0.05, 0) is 33.7 Å². The average Bonchev–Trinajstić information content (AvgIpc) is 2.88. The molecule has 0 aromatic heterocycles. The molecule has 0 bridgehead atoms. The Morgan fingerprint density at radius 2 is 1.21 bits per heavy atom. The molecule has 1 saturated heterocycles. The molecule has 5 rings (SSSR count). The Morgan fingerprint density at radius 1 is 0.667 bits per heavy atom. The standard InChI is InChI=1S/C28H27N3O2/c32-27(25-13-5-9-21-7-1-3-11-23(21)25)29-15-16-30-17-19-31(20-18-30)28(33)26-14-6-10-22-8-2-4-12-24(22)26/h1-14H,15-20H2,(H,29,32). The Kier molecular flexibility index (Phi) is 6.05. The van der Waals surface area contributed by atoms with Crippen LogP contribution in [0.3, 0.4) is 0 Å². The molecule has 5 nitrogen and oxygen atoms in total. The number of carbonyl (C=O) groups excluding carboxylic acids is 2. The van der Waals surface area contributed by atoms with Gasteiger partial charge in [-0.1, -0.05) is 72.8 Å². The number of rotatable bonds is 5. The fourth-order valence-corrected chi connectivity index (χ4v) is 4.60. The first-order chi connectivity index (χ1) is 16.2. The second-order valence-corrected chi connectivity index (χ2v) is 8.44. The Bertz CT molecular complexity index is 1300. The summed E-state index contributed by atoms with van der Waals surface area (Å²) in [6.07, 6.45) is 0. The van der Waals surface area contributed by atoms with Crippen molar-refractivity contribution in [2.75, 3.05) is 39.3 Å². The summed E-state index contributed by atoms with van der Waals surface area (Å²) in [7, 11) is 0. The molecule has 1 aliphatic heterocycles. The van der Waals surface area contributed by atoms with Crippen molar-refractivity contribution in [3.05, 3.63) is 96.1 Å². The van der Waals surface area contributed by atoms with Crippen LogP contribution in [0.4, 0.5) is 0 Å². The van der Waals surface area contributed by atoms with E-state index in [-0.39, 0.29) is 11.8 Å². The first-order valence-electron chi connectivity index (χ1n) is 11.5. The Balaban J connectivity index is 1.14. The lowest BCUT2D eigenvalue weighted by atomic mass is 10.0. The van der Waals surface area contributed by atoms with Gasteiger partial charge in [0.15, 0.2) is 0 Å². The van der Waals surface area contributed by atoms with E-state index < -0.39 is 0 Å². The van der Waals surface area contributed by atoms with Gasteiger partial charge in [0.2, 0.25) is 0 Å².